The Morgan fingerprint density at radius 2 is 2.27 bits per heavy atom. The molecule has 0 aliphatic carbocycles. The fraction of sp³-hybridized carbons (Fsp3) is 0.200. The Kier molecular flexibility index (Phi) is 5.40. The monoisotopic (exact) mass is 297 g/mol. The van der Waals surface area contributed by atoms with Gasteiger partial charge < -0.3 is 15.4 Å². The lowest BCUT2D eigenvalue weighted by Gasteiger charge is -2.07. The van der Waals surface area contributed by atoms with Crippen LogP contribution >= 0.6 is 0 Å². The topological polar surface area (TPSA) is 99.9 Å². The molecule has 0 aliphatic rings. The zero-order valence-corrected chi connectivity index (χ0v) is 12.0. The molecule has 0 radical (unpaired) electrons. The first-order valence-corrected chi connectivity index (χ1v) is 6.60. The van der Waals surface area contributed by atoms with Gasteiger partial charge in [-0.1, -0.05) is 6.07 Å². The van der Waals surface area contributed by atoms with E-state index >= 15 is 0 Å². The lowest BCUT2D eigenvalue weighted by molar-refractivity contribution is 0.0932. The maximum absolute atomic E-state index is 11.9. The Labute approximate surface area is 128 Å². The molecule has 7 heteroatoms. The molecule has 0 unspecified atom stereocenters. The summed E-state index contributed by atoms with van der Waals surface area (Å²) >= 11 is 0. The number of anilines is 2. The number of carbonyl (C=O) groups is 1. The lowest BCUT2D eigenvalue weighted by atomic mass is 10.2. The molecule has 2 aromatic rings. The summed E-state index contributed by atoms with van der Waals surface area (Å²) in [5, 5.41) is 14.5. The Balaban J connectivity index is 2.08. The third-order valence-corrected chi connectivity index (χ3v) is 2.73. The molecule has 2 N–H and O–H groups in total. The molecule has 0 bridgehead atoms. The third kappa shape index (κ3) is 4.26. The van der Waals surface area contributed by atoms with E-state index in [0.29, 0.717) is 24.4 Å². The minimum Gasteiger partial charge on any atom is -0.383 e. The zero-order valence-electron chi connectivity index (χ0n) is 12.0. The lowest BCUT2D eigenvalue weighted by Crippen LogP contribution is -2.27. The van der Waals surface area contributed by atoms with Crippen LogP contribution in [0.3, 0.4) is 0 Å². The van der Waals surface area contributed by atoms with E-state index in [1.165, 1.54) is 12.3 Å². The Hall–Kier alpha value is -2.98. The van der Waals surface area contributed by atoms with Crippen molar-refractivity contribution in [2.45, 2.75) is 0 Å². The second-order valence-electron chi connectivity index (χ2n) is 4.33. The van der Waals surface area contributed by atoms with E-state index in [4.69, 9.17) is 10.00 Å². The van der Waals surface area contributed by atoms with Crippen LogP contribution in [0.5, 0.6) is 0 Å². The molecule has 1 aromatic heterocycles. The summed E-state index contributed by atoms with van der Waals surface area (Å²) in [5.74, 6) is -0.0113. The third-order valence-electron chi connectivity index (χ3n) is 2.73. The molecule has 0 saturated carbocycles. The second kappa shape index (κ2) is 7.71. The summed E-state index contributed by atoms with van der Waals surface area (Å²) in [6, 6.07) is 10.5. The Morgan fingerprint density at radius 1 is 1.41 bits per heavy atom. The van der Waals surface area contributed by atoms with Gasteiger partial charge in [0.25, 0.3) is 5.91 Å². The van der Waals surface area contributed by atoms with Crippen LogP contribution in [0.1, 0.15) is 16.1 Å². The molecule has 112 valence electrons. The average Bonchev–Trinajstić information content (AvgIpc) is 2.55. The minimum absolute atomic E-state index is 0.255. The number of ether oxygens (including phenoxy) is 1. The molecule has 0 aliphatic heterocycles. The van der Waals surface area contributed by atoms with Crippen LogP contribution in [-0.2, 0) is 4.74 Å². The van der Waals surface area contributed by atoms with Gasteiger partial charge in [0, 0.05) is 25.5 Å². The quantitative estimate of drug-likeness (QED) is 0.783. The smallest absolute Gasteiger partial charge is 0.270 e. The standard InChI is InChI=1S/C15H15N5O2/c1-22-8-7-17-14(21)13-5-6-18-15(20-13)19-12-4-2-3-11(9-12)10-16/h2-6,9H,7-8H2,1H3,(H,17,21)(H,18,19,20). The molecule has 0 spiro atoms. The largest absolute Gasteiger partial charge is 0.383 e. The molecule has 1 heterocycles. The minimum atomic E-state index is -0.298. The predicted octanol–water partition coefficient (Wildman–Crippen LogP) is 1.47. The van der Waals surface area contributed by atoms with Gasteiger partial charge in [0.2, 0.25) is 5.95 Å². The van der Waals surface area contributed by atoms with E-state index in [-0.39, 0.29) is 17.5 Å². The van der Waals surface area contributed by atoms with Gasteiger partial charge in [-0.3, -0.25) is 4.79 Å². The number of nitriles is 1. The maximum Gasteiger partial charge on any atom is 0.270 e. The van der Waals surface area contributed by atoms with Crippen LogP contribution in [0.4, 0.5) is 11.6 Å². The summed E-state index contributed by atoms with van der Waals surface area (Å²) in [5.41, 5.74) is 1.46. The van der Waals surface area contributed by atoms with Crippen molar-refractivity contribution >= 4 is 17.5 Å². The highest BCUT2D eigenvalue weighted by Crippen LogP contribution is 2.14. The van der Waals surface area contributed by atoms with Crippen molar-refractivity contribution in [2.75, 3.05) is 25.6 Å². The number of hydrogen-bond donors (Lipinski definition) is 2. The van der Waals surface area contributed by atoms with Gasteiger partial charge in [0.05, 0.1) is 18.2 Å². The molecule has 1 aromatic carbocycles. The van der Waals surface area contributed by atoms with Crippen molar-refractivity contribution in [2.24, 2.45) is 0 Å². The van der Waals surface area contributed by atoms with Crippen LogP contribution in [0, 0.1) is 11.3 Å². The predicted molar refractivity (Wildman–Crippen MR) is 80.7 cm³/mol. The van der Waals surface area contributed by atoms with Gasteiger partial charge in [0.1, 0.15) is 5.69 Å². The summed E-state index contributed by atoms with van der Waals surface area (Å²) in [7, 11) is 1.56. The van der Waals surface area contributed by atoms with E-state index in [9.17, 15) is 4.79 Å². The molecular formula is C15H15N5O2. The summed E-state index contributed by atoms with van der Waals surface area (Å²) < 4.78 is 4.87. The van der Waals surface area contributed by atoms with Gasteiger partial charge in [-0.15, -0.1) is 0 Å². The summed E-state index contributed by atoms with van der Waals surface area (Å²) in [6.07, 6.45) is 1.49. The Morgan fingerprint density at radius 3 is 3.05 bits per heavy atom. The number of rotatable bonds is 6. The first-order valence-electron chi connectivity index (χ1n) is 6.60. The number of hydrogen-bond acceptors (Lipinski definition) is 6. The van der Waals surface area contributed by atoms with Crippen LogP contribution in [0.15, 0.2) is 36.5 Å². The number of benzene rings is 1. The number of nitrogens with zero attached hydrogens (tertiary/aromatic N) is 3. The number of carbonyl (C=O) groups excluding carboxylic acids is 1. The molecule has 7 nitrogen and oxygen atoms in total. The van der Waals surface area contributed by atoms with Crippen LogP contribution in [-0.4, -0.2) is 36.1 Å². The average molecular weight is 297 g/mol. The van der Waals surface area contributed by atoms with E-state index in [1.54, 1.807) is 31.4 Å². The van der Waals surface area contributed by atoms with Crippen molar-refractivity contribution in [3.63, 3.8) is 0 Å². The molecule has 1 amide bonds. The maximum atomic E-state index is 11.9. The van der Waals surface area contributed by atoms with E-state index in [1.807, 2.05) is 0 Å². The van der Waals surface area contributed by atoms with Crippen LogP contribution in [0.2, 0.25) is 0 Å². The number of methoxy groups -OCH3 is 1. The van der Waals surface area contributed by atoms with Gasteiger partial charge in [-0.25, -0.2) is 9.97 Å². The van der Waals surface area contributed by atoms with E-state index in [0.717, 1.165) is 0 Å². The molecular weight excluding hydrogens is 282 g/mol. The summed E-state index contributed by atoms with van der Waals surface area (Å²) in [6.45, 7) is 0.842. The molecule has 2 rings (SSSR count). The highest BCUT2D eigenvalue weighted by Gasteiger charge is 2.08. The SMILES string of the molecule is COCCNC(=O)c1ccnc(Nc2cccc(C#N)c2)n1. The van der Waals surface area contributed by atoms with E-state index < -0.39 is 0 Å². The van der Waals surface area contributed by atoms with Gasteiger partial charge in [-0.2, -0.15) is 5.26 Å². The van der Waals surface area contributed by atoms with Crippen molar-refractivity contribution < 1.29 is 9.53 Å². The van der Waals surface area contributed by atoms with Gasteiger partial charge in [0.15, 0.2) is 0 Å². The number of amides is 1. The molecule has 0 atom stereocenters. The van der Waals surface area contributed by atoms with Crippen LogP contribution < -0.4 is 10.6 Å². The molecule has 22 heavy (non-hydrogen) atoms. The zero-order chi connectivity index (χ0) is 15.8. The fourth-order valence-electron chi connectivity index (χ4n) is 1.70. The first kappa shape index (κ1) is 15.4. The molecule has 0 fully saturated rings. The highest BCUT2D eigenvalue weighted by atomic mass is 16.5. The molecule has 0 saturated heterocycles. The normalized spacial score (nSPS) is 9.82. The van der Waals surface area contributed by atoms with Crippen molar-refractivity contribution in [3.05, 3.63) is 47.8 Å². The number of aromatic nitrogens is 2. The van der Waals surface area contributed by atoms with Crippen molar-refractivity contribution in [3.8, 4) is 6.07 Å². The van der Waals surface area contributed by atoms with Crippen LogP contribution in [0.25, 0.3) is 0 Å². The van der Waals surface area contributed by atoms with Crippen molar-refractivity contribution in [1.82, 2.24) is 15.3 Å². The second-order valence-corrected chi connectivity index (χ2v) is 4.33. The highest BCUT2D eigenvalue weighted by molar-refractivity contribution is 5.92. The Bertz CT molecular complexity index is 696. The first-order chi connectivity index (χ1) is 10.7. The van der Waals surface area contributed by atoms with Gasteiger partial charge >= 0.3 is 0 Å². The fourth-order valence-corrected chi connectivity index (χ4v) is 1.70. The number of nitrogens with one attached hydrogen (secondary N) is 2. The van der Waals surface area contributed by atoms with Crippen molar-refractivity contribution in [1.29, 1.82) is 5.26 Å². The van der Waals surface area contributed by atoms with Gasteiger partial charge in [-0.05, 0) is 24.3 Å². The van der Waals surface area contributed by atoms with E-state index in [2.05, 4.69) is 26.7 Å². The summed E-state index contributed by atoms with van der Waals surface area (Å²) in [4.78, 5) is 20.1.